The Kier molecular flexibility index (Phi) is 4.49. The van der Waals surface area contributed by atoms with Crippen LogP contribution in [0.1, 0.15) is 23.3 Å². The van der Waals surface area contributed by atoms with Crippen molar-refractivity contribution in [1.82, 2.24) is 24.6 Å². The van der Waals surface area contributed by atoms with Crippen LogP contribution in [0.3, 0.4) is 0 Å². The number of benzene rings is 1. The van der Waals surface area contributed by atoms with E-state index in [-0.39, 0.29) is 5.91 Å². The van der Waals surface area contributed by atoms with Gasteiger partial charge >= 0.3 is 0 Å². The first kappa shape index (κ1) is 17.6. The van der Waals surface area contributed by atoms with Gasteiger partial charge in [-0.2, -0.15) is 5.10 Å². The summed E-state index contributed by atoms with van der Waals surface area (Å²) in [5, 5.41) is 7.13. The van der Waals surface area contributed by atoms with Crippen molar-refractivity contribution < 1.29 is 4.79 Å². The molecule has 3 saturated heterocycles. The number of amides is 1. The number of rotatable bonds is 4. The Hall–Kier alpha value is -2.51. The van der Waals surface area contributed by atoms with Crippen LogP contribution in [0.5, 0.6) is 0 Å². The maximum Gasteiger partial charge on any atom is 0.273 e. The van der Waals surface area contributed by atoms with E-state index >= 15 is 0 Å². The molecule has 2 bridgehead atoms. The molecule has 144 valence electrons. The summed E-state index contributed by atoms with van der Waals surface area (Å²) in [5.41, 5.74) is 2.47. The first-order valence-electron chi connectivity index (χ1n) is 9.74. The zero-order valence-corrected chi connectivity index (χ0v) is 16.7. The molecule has 1 atom stereocenters. The largest absolute Gasteiger partial charge is 0.336 e. The van der Waals surface area contributed by atoms with Crippen LogP contribution in [0.15, 0.2) is 48.1 Å². The highest BCUT2D eigenvalue weighted by atomic mass is 32.1. The van der Waals surface area contributed by atoms with Gasteiger partial charge < -0.3 is 9.80 Å². The summed E-state index contributed by atoms with van der Waals surface area (Å²) in [6.45, 7) is 3.35. The molecule has 3 fully saturated rings. The third-order valence-corrected chi connectivity index (χ3v) is 6.90. The highest BCUT2D eigenvalue weighted by Gasteiger charge is 2.38. The topological polar surface area (TPSA) is 54.3 Å². The number of nitrogens with zero attached hydrogens (tertiary/aromatic N) is 5. The van der Waals surface area contributed by atoms with E-state index in [2.05, 4.69) is 15.0 Å². The molecule has 0 aliphatic carbocycles. The lowest BCUT2D eigenvalue weighted by Gasteiger charge is -2.47. The lowest BCUT2D eigenvalue weighted by molar-refractivity contribution is 0.0159. The summed E-state index contributed by atoms with van der Waals surface area (Å²) in [4.78, 5) is 22.0. The van der Waals surface area contributed by atoms with E-state index < -0.39 is 0 Å². The van der Waals surface area contributed by atoms with E-state index in [1.165, 1.54) is 37.3 Å². The number of fused-ring (bicyclic) bond motifs is 3. The van der Waals surface area contributed by atoms with Crippen molar-refractivity contribution in [2.45, 2.75) is 18.9 Å². The SMILES string of the molecule is CN(C(=O)c1csc(-c2cnn(-c3ccccc3)c2)n1)C1CN2CCC1CC2. The number of aromatic nitrogens is 3. The van der Waals surface area contributed by atoms with Gasteiger partial charge in [0.2, 0.25) is 0 Å². The van der Waals surface area contributed by atoms with E-state index in [0.717, 1.165) is 22.8 Å². The van der Waals surface area contributed by atoms with Crippen LogP contribution >= 0.6 is 11.3 Å². The van der Waals surface area contributed by atoms with Crippen molar-refractivity contribution in [3.8, 4) is 16.3 Å². The summed E-state index contributed by atoms with van der Waals surface area (Å²) in [6.07, 6.45) is 6.16. The zero-order chi connectivity index (χ0) is 19.1. The Balaban J connectivity index is 1.33. The van der Waals surface area contributed by atoms with Gasteiger partial charge in [0.25, 0.3) is 5.91 Å². The fraction of sp³-hybridized carbons (Fsp3) is 0.381. The highest BCUT2D eigenvalue weighted by molar-refractivity contribution is 7.13. The predicted octanol–water partition coefficient (Wildman–Crippen LogP) is 3.16. The van der Waals surface area contributed by atoms with Gasteiger partial charge in [0.15, 0.2) is 0 Å². The van der Waals surface area contributed by atoms with Crippen molar-refractivity contribution >= 4 is 17.2 Å². The Labute approximate surface area is 168 Å². The molecule has 0 saturated carbocycles. The molecule has 1 aromatic carbocycles. The highest BCUT2D eigenvalue weighted by Crippen LogP contribution is 2.31. The molecule has 5 heterocycles. The van der Waals surface area contributed by atoms with Crippen molar-refractivity contribution in [3.05, 3.63) is 53.8 Å². The third-order valence-electron chi connectivity index (χ3n) is 6.01. The summed E-state index contributed by atoms with van der Waals surface area (Å²) in [6, 6.07) is 10.3. The lowest BCUT2D eigenvalue weighted by Crippen LogP contribution is -2.57. The van der Waals surface area contributed by atoms with Crippen LogP contribution in [-0.4, -0.2) is 63.2 Å². The minimum atomic E-state index is 0.0247. The van der Waals surface area contributed by atoms with Gasteiger partial charge in [0, 0.05) is 36.8 Å². The monoisotopic (exact) mass is 393 g/mol. The van der Waals surface area contributed by atoms with Crippen molar-refractivity contribution in [2.24, 2.45) is 5.92 Å². The number of piperidine rings is 3. The van der Waals surface area contributed by atoms with Crippen LogP contribution in [-0.2, 0) is 0 Å². The lowest BCUT2D eigenvalue weighted by atomic mass is 9.83. The molecular weight excluding hydrogens is 370 g/mol. The molecule has 1 amide bonds. The van der Waals surface area contributed by atoms with E-state index in [0.29, 0.717) is 17.7 Å². The van der Waals surface area contributed by atoms with Gasteiger partial charge in [-0.25, -0.2) is 9.67 Å². The van der Waals surface area contributed by atoms with E-state index in [1.54, 1.807) is 6.20 Å². The molecular formula is C21H23N5OS. The fourth-order valence-electron chi connectivity index (χ4n) is 4.36. The average Bonchev–Trinajstić information content (AvgIpc) is 3.44. The molecule has 6 rings (SSSR count). The standard InChI is InChI=1S/C21H23N5OS/c1-24(19-13-25-9-7-15(19)8-10-25)21(27)18-14-28-20(23-18)16-11-22-26(12-16)17-5-3-2-4-6-17/h2-6,11-12,14-15,19H,7-10,13H2,1H3. The van der Waals surface area contributed by atoms with Crippen LogP contribution in [0.25, 0.3) is 16.3 Å². The number of hydrogen-bond acceptors (Lipinski definition) is 5. The number of thiazole rings is 1. The molecule has 3 aromatic rings. The molecule has 2 aromatic heterocycles. The van der Waals surface area contributed by atoms with Crippen LogP contribution in [0, 0.1) is 5.92 Å². The predicted molar refractivity (Wildman–Crippen MR) is 110 cm³/mol. The first-order valence-corrected chi connectivity index (χ1v) is 10.6. The second kappa shape index (κ2) is 7.14. The molecule has 0 radical (unpaired) electrons. The van der Waals surface area contributed by atoms with E-state index in [9.17, 15) is 4.79 Å². The van der Waals surface area contributed by atoms with E-state index in [1.807, 2.05) is 58.5 Å². The summed E-state index contributed by atoms with van der Waals surface area (Å²) in [7, 11) is 1.93. The molecule has 7 heteroatoms. The molecule has 1 unspecified atom stereocenters. The van der Waals surface area contributed by atoms with Gasteiger partial charge in [0.1, 0.15) is 10.7 Å². The van der Waals surface area contributed by atoms with Crippen LogP contribution in [0.4, 0.5) is 0 Å². The maximum atomic E-state index is 13.0. The van der Waals surface area contributed by atoms with Gasteiger partial charge in [-0.15, -0.1) is 11.3 Å². The molecule has 6 nitrogen and oxygen atoms in total. The second-order valence-corrected chi connectivity index (χ2v) is 8.53. The maximum absolute atomic E-state index is 13.0. The number of para-hydroxylation sites is 1. The molecule has 0 spiro atoms. The average molecular weight is 394 g/mol. The number of hydrogen-bond donors (Lipinski definition) is 0. The fourth-order valence-corrected chi connectivity index (χ4v) is 5.13. The summed E-state index contributed by atoms with van der Waals surface area (Å²) < 4.78 is 1.83. The van der Waals surface area contributed by atoms with E-state index in [4.69, 9.17) is 0 Å². The number of likely N-dealkylation sites (N-methyl/N-ethyl adjacent to an activating group) is 1. The van der Waals surface area contributed by atoms with Gasteiger partial charge in [-0.05, 0) is 44.0 Å². The first-order chi connectivity index (χ1) is 13.7. The van der Waals surface area contributed by atoms with Gasteiger partial charge in [0.05, 0.1) is 11.9 Å². The molecule has 0 N–H and O–H groups in total. The minimum absolute atomic E-state index is 0.0247. The van der Waals surface area contributed by atoms with Gasteiger partial charge in [-0.3, -0.25) is 4.79 Å². The van der Waals surface area contributed by atoms with Crippen LogP contribution in [0.2, 0.25) is 0 Å². The van der Waals surface area contributed by atoms with Crippen molar-refractivity contribution in [3.63, 3.8) is 0 Å². The normalized spacial score (nSPS) is 23.7. The quantitative estimate of drug-likeness (QED) is 0.683. The molecule has 3 aliphatic rings. The Morgan fingerprint density at radius 2 is 2.00 bits per heavy atom. The molecule has 28 heavy (non-hydrogen) atoms. The summed E-state index contributed by atoms with van der Waals surface area (Å²) >= 11 is 1.50. The van der Waals surface area contributed by atoms with Gasteiger partial charge in [-0.1, -0.05) is 18.2 Å². The van der Waals surface area contributed by atoms with Crippen LogP contribution < -0.4 is 0 Å². The Morgan fingerprint density at radius 3 is 2.71 bits per heavy atom. The third kappa shape index (κ3) is 3.14. The number of carbonyl (C=O) groups is 1. The zero-order valence-electron chi connectivity index (χ0n) is 15.9. The molecule has 3 aliphatic heterocycles. The Bertz CT molecular complexity index is 974. The van der Waals surface area contributed by atoms with Crippen molar-refractivity contribution in [1.29, 1.82) is 0 Å². The smallest absolute Gasteiger partial charge is 0.273 e. The van der Waals surface area contributed by atoms with Crippen molar-refractivity contribution in [2.75, 3.05) is 26.7 Å². The second-order valence-electron chi connectivity index (χ2n) is 7.67. The number of carbonyl (C=O) groups excluding carboxylic acids is 1. The minimum Gasteiger partial charge on any atom is -0.336 e. The summed E-state index contributed by atoms with van der Waals surface area (Å²) in [5.74, 6) is 0.651. The Morgan fingerprint density at radius 1 is 1.21 bits per heavy atom.